The third-order valence-electron chi connectivity index (χ3n) is 3.38. The van der Waals surface area contributed by atoms with E-state index in [0.29, 0.717) is 5.75 Å². The van der Waals surface area contributed by atoms with E-state index in [0.717, 1.165) is 6.42 Å². The standard InChI is InChI=1S/C11H19NO3S/c1-9(2)6-11(10(3,4)15-9)12-7(5-16-11)8(13)14/h7,12H,5-6H2,1-4H3,(H,13,14)/t7-,11?/m0/s1. The second-order valence-corrected chi connectivity index (χ2v) is 7.04. The summed E-state index contributed by atoms with van der Waals surface area (Å²) in [5.41, 5.74) is -0.539. The summed E-state index contributed by atoms with van der Waals surface area (Å²) in [6.45, 7) is 8.18. The molecule has 2 aliphatic heterocycles. The van der Waals surface area contributed by atoms with Crippen molar-refractivity contribution >= 4 is 17.7 Å². The highest BCUT2D eigenvalue weighted by atomic mass is 32.2. The van der Waals surface area contributed by atoms with Gasteiger partial charge in [0.15, 0.2) is 0 Å². The van der Waals surface area contributed by atoms with Gasteiger partial charge in [-0.05, 0) is 27.7 Å². The number of hydrogen-bond donors (Lipinski definition) is 2. The smallest absolute Gasteiger partial charge is 0.321 e. The van der Waals surface area contributed by atoms with Crippen molar-refractivity contribution in [3.8, 4) is 0 Å². The molecule has 2 aliphatic rings. The monoisotopic (exact) mass is 245 g/mol. The Morgan fingerprint density at radius 2 is 2.06 bits per heavy atom. The van der Waals surface area contributed by atoms with Crippen molar-refractivity contribution in [1.82, 2.24) is 5.32 Å². The van der Waals surface area contributed by atoms with E-state index in [-0.39, 0.29) is 16.1 Å². The number of aliphatic carboxylic acids is 1. The highest BCUT2D eigenvalue weighted by Gasteiger charge is 2.61. The van der Waals surface area contributed by atoms with E-state index < -0.39 is 12.0 Å². The molecule has 1 spiro atoms. The molecule has 92 valence electrons. The highest BCUT2D eigenvalue weighted by molar-refractivity contribution is 8.01. The topological polar surface area (TPSA) is 58.6 Å². The third kappa shape index (κ3) is 1.75. The van der Waals surface area contributed by atoms with Crippen LogP contribution in [-0.4, -0.2) is 38.9 Å². The normalized spacial score (nSPS) is 40.4. The second-order valence-electron chi connectivity index (χ2n) is 5.72. The van der Waals surface area contributed by atoms with E-state index in [9.17, 15) is 4.79 Å². The van der Waals surface area contributed by atoms with Gasteiger partial charge in [0.2, 0.25) is 0 Å². The zero-order valence-electron chi connectivity index (χ0n) is 10.2. The maximum absolute atomic E-state index is 11.0. The first-order valence-electron chi connectivity index (χ1n) is 5.52. The second kappa shape index (κ2) is 3.37. The van der Waals surface area contributed by atoms with Crippen LogP contribution in [0.4, 0.5) is 0 Å². The molecule has 0 amide bonds. The Morgan fingerprint density at radius 3 is 2.44 bits per heavy atom. The molecule has 2 N–H and O–H groups in total. The van der Waals surface area contributed by atoms with Crippen molar-refractivity contribution in [2.45, 2.75) is 56.2 Å². The predicted molar refractivity (Wildman–Crippen MR) is 63.6 cm³/mol. The van der Waals surface area contributed by atoms with Gasteiger partial charge in [0.05, 0.1) is 16.1 Å². The van der Waals surface area contributed by atoms with Gasteiger partial charge in [0.25, 0.3) is 0 Å². The maximum atomic E-state index is 11.0. The zero-order chi connectivity index (χ0) is 12.2. The zero-order valence-corrected chi connectivity index (χ0v) is 11.0. The minimum atomic E-state index is -0.773. The fourth-order valence-electron chi connectivity index (χ4n) is 2.79. The number of carboxylic acids is 1. The van der Waals surface area contributed by atoms with E-state index in [1.807, 2.05) is 13.8 Å². The van der Waals surface area contributed by atoms with Gasteiger partial charge in [-0.15, -0.1) is 11.8 Å². The van der Waals surface area contributed by atoms with Crippen molar-refractivity contribution in [3.63, 3.8) is 0 Å². The van der Waals surface area contributed by atoms with E-state index >= 15 is 0 Å². The van der Waals surface area contributed by atoms with Crippen molar-refractivity contribution in [2.75, 3.05) is 5.75 Å². The van der Waals surface area contributed by atoms with Crippen LogP contribution in [-0.2, 0) is 9.53 Å². The summed E-state index contributed by atoms with van der Waals surface area (Å²) in [4.78, 5) is 10.7. The van der Waals surface area contributed by atoms with Crippen LogP contribution in [0, 0.1) is 0 Å². The van der Waals surface area contributed by atoms with Crippen molar-refractivity contribution < 1.29 is 14.6 Å². The van der Waals surface area contributed by atoms with Crippen LogP contribution in [0.3, 0.4) is 0 Å². The fraction of sp³-hybridized carbons (Fsp3) is 0.909. The lowest BCUT2D eigenvalue weighted by molar-refractivity contribution is -0.139. The fourth-order valence-corrected chi connectivity index (χ4v) is 4.54. The highest BCUT2D eigenvalue weighted by Crippen LogP contribution is 2.53. The summed E-state index contributed by atoms with van der Waals surface area (Å²) >= 11 is 1.68. The number of nitrogens with one attached hydrogen (secondary N) is 1. The lowest BCUT2D eigenvalue weighted by Crippen LogP contribution is -2.54. The third-order valence-corrected chi connectivity index (χ3v) is 5.13. The molecule has 16 heavy (non-hydrogen) atoms. The van der Waals surface area contributed by atoms with Crippen molar-refractivity contribution in [3.05, 3.63) is 0 Å². The first-order valence-corrected chi connectivity index (χ1v) is 6.51. The SMILES string of the molecule is CC1(C)CC2(N[C@H](C(=O)O)CS2)C(C)(C)O1. The number of carbonyl (C=O) groups is 1. The van der Waals surface area contributed by atoms with Gasteiger partial charge in [-0.2, -0.15) is 0 Å². The Hall–Kier alpha value is -0.260. The van der Waals surface area contributed by atoms with Gasteiger partial charge < -0.3 is 9.84 Å². The molecule has 0 aromatic carbocycles. The summed E-state index contributed by atoms with van der Waals surface area (Å²) in [5.74, 6) is -0.164. The van der Waals surface area contributed by atoms with E-state index in [2.05, 4.69) is 19.2 Å². The minimum absolute atomic E-state index is 0.198. The summed E-state index contributed by atoms with van der Waals surface area (Å²) in [7, 11) is 0. The average Bonchev–Trinajstić information content (AvgIpc) is 2.53. The molecule has 4 nitrogen and oxygen atoms in total. The molecular weight excluding hydrogens is 226 g/mol. The van der Waals surface area contributed by atoms with E-state index in [4.69, 9.17) is 9.84 Å². The minimum Gasteiger partial charge on any atom is -0.480 e. The van der Waals surface area contributed by atoms with E-state index in [1.54, 1.807) is 11.8 Å². The molecule has 0 aromatic rings. The molecule has 5 heteroatoms. The number of hydrogen-bond acceptors (Lipinski definition) is 4. The molecule has 2 saturated heterocycles. The van der Waals surface area contributed by atoms with Gasteiger partial charge in [-0.3, -0.25) is 10.1 Å². The molecule has 2 atom stereocenters. The summed E-state index contributed by atoms with van der Waals surface area (Å²) in [6, 6.07) is -0.457. The average molecular weight is 245 g/mol. The van der Waals surface area contributed by atoms with Crippen LogP contribution < -0.4 is 5.32 Å². The molecule has 0 aromatic heterocycles. The Morgan fingerprint density at radius 1 is 1.44 bits per heavy atom. The van der Waals surface area contributed by atoms with Crippen LogP contribution in [0.15, 0.2) is 0 Å². The molecule has 0 saturated carbocycles. The lowest BCUT2D eigenvalue weighted by Gasteiger charge is -2.36. The first kappa shape index (κ1) is 12.2. The Bertz CT molecular complexity index is 329. The van der Waals surface area contributed by atoms with Gasteiger partial charge in [0.1, 0.15) is 6.04 Å². The van der Waals surface area contributed by atoms with Gasteiger partial charge in [0, 0.05) is 12.2 Å². The van der Waals surface area contributed by atoms with Gasteiger partial charge in [-0.25, -0.2) is 0 Å². The van der Waals surface area contributed by atoms with Gasteiger partial charge in [-0.1, -0.05) is 0 Å². The molecular formula is C11H19NO3S. The summed E-state index contributed by atoms with van der Waals surface area (Å²) < 4.78 is 6.03. The molecule has 0 aliphatic carbocycles. The molecule has 2 fully saturated rings. The maximum Gasteiger partial charge on any atom is 0.321 e. The summed E-state index contributed by atoms with van der Waals surface area (Å²) in [6.07, 6.45) is 0.835. The predicted octanol–water partition coefficient (Wildman–Crippen LogP) is 1.45. The number of ether oxygens (including phenoxy) is 1. The summed E-state index contributed by atoms with van der Waals surface area (Å²) in [5, 5.41) is 12.3. The number of carboxylic acid groups (broad SMARTS) is 1. The first-order chi connectivity index (χ1) is 7.18. The Kier molecular flexibility index (Phi) is 2.57. The van der Waals surface area contributed by atoms with Crippen LogP contribution in [0.2, 0.25) is 0 Å². The Balaban J connectivity index is 2.24. The van der Waals surface area contributed by atoms with Crippen LogP contribution in [0.25, 0.3) is 0 Å². The molecule has 2 heterocycles. The molecule has 0 radical (unpaired) electrons. The molecule has 2 rings (SSSR count). The van der Waals surface area contributed by atoms with Crippen LogP contribution in [0.5, 0.6) is 0 Å². The van der Waals surface area contributed by atoms with Crippen LogP contribution >= 0.6 is 11.8 Å². The number of rotatable bonds is 1. The van der Waals surface area contributed by atoms with E-state index in [1.165, 1.54) is 0 Å². The molecule has 1 unspecified atom stereocenters. The lowest BCUT2D eigenvalue weighted by atomic mass is 9.93. The van der Waals surface area contributed by atoms with Crippen LogP contribution in [0.1, 0.15) is 34.1 Å². The molecule has 0 bridgehead atoms. The quantitative estimate of drug-likeness (QED) is 0.732. The Labute approximate surface area is 100 Å². The largest absolute Gasteiger partial charge is 0.480 e. The van der Waals surface area contributed by atoms with Gasteiger partial charge >= 0.3 is 5.97 Å². The van der Waals surface area contributed by atoms with Crippen molar-refractivity contribution in [2.24, 2.45) is 0 Å². The van der Waals surface area contributed by atoms with Crippen molar-refractivity contribution in [1.29, 1.82) is 0 Å². The number of thioether (sulfide) groups is 1.